The molecule has 0 atom stereocenters. The van der Waals surface area contributed by atoms with Crippen molar-refractivity contribution in [3.8, 4) is 17.1 Å². The molecule has 0 unspecified atom stereocenters. The Balaban J connectivity index is 1.42. The first kappa shape index (κ1) is 18.1. The summed E-state index contributed by atoms with van der Waals surface area (Å²) in [6, 6.07) is 13.0. The van der Waals surface area contributed by atoms with Crippen LogP contribution in [-0.2, 0) is 6.42 Å². The van der Waals surface area contributed by atoms with Gasteiger partial charge in [0.2, 0.25) is 4.96 Å². The van der Waals surface area contributed by atoms with E-state index in [0.717, 1.165) is 16.2 Å². The molecular weight excluding hydrogens is 379 g/mol. The first-order valence-corrected chi connectivity index (χ1v) is 9.53. The Kier molecular flexibility index (Phi) is 5.03. The van der Waals surface area contributed by atoms with Crippen molar-refractivity contribution in [1.82, 2.24) is 19.9 Å². The third kappa shape index (κ3) is 3.72. The summed E-state index contributed by atoms with van der Waals surface area (Å²) in [7, 11) is 1.59. The van der Waals surface area contributed by atoms with Crippen LogP contribution in [0.1, 0.15) is 16.1 Å². The Bertz CT molecular complexity index is 1100. The van der Waals surface area contributed by atoms with Crippen molar-refractivity contribution in [3.63, 3.8) is 0 Å². The summed E-state index contributed by atoms with van der Waals surface area (Å²) >= 11 is 1.48. The summed E-state index contributed by atoms with van der Waals surface area (Å²) in [6.45, 7) is 0.475. The summed E-state index contributed by atoms with van der Waals surface area (Å²) in [4.78, 5) is 17.5. The molecular formula is C20H17FN4O2S. The van der Waals surface area contributed by atoms with E-state index < -0.39 is 0 Å². The molecule has 2 heterocycles. The van der Waals surface area contributed by atoms with E-state index in [1.54, 1.807) is 48.0 Å². The van der Waals surface area contributed by atoms with Crippen molar-refractivity contribution in [1.29, 1.82) is 0 Å². The number of hydrogen-bond acceptors (Lipinski definition) is 5. The molecule has 0 saturated heterocycles. The van der Waals surface area contributed by atoms with E-state index in [0.29, 0.717) is 30.1 Å². The second-order valence-corrected chi connectivity index (χ2v) is 6.93. The zero-order valence-corrected chi connectivity index (χ0v) is 15.9. The van der Waals surface area contributed by atoms with Crippen molar-refractivity contribution < 1.29 is 13.9 Å². The van der Waals surface area contributed by atoms with Crippen LogP contribution >= 0.6 is 11.3 Å². The predicted molar refractivity (Wildman–Crippen MR) is 105 cm³/mol. The monoisotopic (exact) mass is 396 g/mol. The molecule has 0 aliphatic heterocycles. The third-order valence-electron chi connectivity index (χ3n) is 4.27. The van der Waals surface area contributed by atoms with E-state index in [1.165, 1.54) is 23.5 Å². The second-order valence-electron chi connectivity index (χ2n) is 6.10. The van der Waals surface area contributed by atoms with Gasteiger partial charge in [0.1, 0.15) is 11.6 Å². The summed E-state index contributed by atoms with van der Waals surface area (Å²) in [5, 5.41) is 9.40. The fraction of sp³-hybridized carbons (Fsp3) is 0.150. The molecule has 0 aliphatic carbocycles. The number of carbonyl (C=O) groups excluding carboxylic acids is 1. The molecule has 1 amide bonds. The predicted octanol–water partition coefficient (Wildman–Crippen LogP) is 3.58. The molecule has 2 aromatic heterocycles. The van der Waals surface area contributed by atoms with Gasteiger partial charge in [-0.3, -0.25) is 4.79 Å². The molecule has 0 saturated carbocycles. The first-order chi connectivity index (χ1) is 13.6. The van der Waals surface area contributed by atoms with Crippen LogP contribution in [0.4, 0.5) is 4.39 Å². The lowest BCUT2D eigenvalue weighted by Gasteiger charge is -2.05. The minimum absolute atomic E-state index is 0.139. The van der Waals surface area contributed by atoms with E-state index in [-0.39, 0.29) is 11.7 Å². The molecule has 4 aromatic rings. The van der Waals surface area contributed by atoms with Crippen molar-refractivity contribution in [3.05, 3.63) is 71.0 Å². The molecule has 1 N–H and O–H groups in total. The van der Waals surface area contributed by atoms with Crippen LogP contribution in [0.15, 0.2) is 53.9 Å². The van der Waals surface area contributed by atoms with Crippen molar-refractivity contribution >= 4 is 22.2 Å². The number of rotatable bonds is 6. The summed E-state index contributed by atoms with van der Waals surface area (Å²) in [5.74, 6) is 0.827. The molecule has 4 rings (SSSR count). The summed E-state index contributed by atoms with van der Waals surface area (Å²) < 4.78 is 20.0. The standard InChI is InChI=1S/C20H17FN4O2S/c1-27-17-8-4-14(5-9-17)19(26)22-11-10-16-12-28-20-23-18(24-25(16)20)13-2-6-15(21)7-3-13/h2-9,12H,10-11H2,1H3,(H,22,26). The van der Waals surface area contributed by atoms with Gasteiger partial charge >= 0.3 is 0 Å². The van der Waals surface area contributed by atoms with E-state index in [2.05, 4.69) is 15.4 Å². The van der Waals surface area contributed by atoms with Crippen LogP contribution in [0, 0.1) is 5.82 Å². The molecule has 0 aliphatic rings. The third-order valence-corrected chi connectivity index (χ3v) is 5.14. The zero-order chi connectivity index (χ0) is 19.5. The maximum absolute atomic E-state index is 13.1. The van der Waals surface area contributed by atoms with Crippen molar-refractivity contribution in [2.24, 2.45) is 0 Å². The smallest absolute Gasteiger partial charge is 0.251 e. The number of carbonyl (C=O) groups is 1. The van der Waals surface area contributed by atoms with Crippen LogP contribution in [0.5, 0.6) is 5.75 Å². The van der Waals surface area contributed by atoms with Crippen molar-refractivity contribution in [2.45, 2.75) is 6.42 Å². The fourth-order valence-corrected chi connectivity index (χ4v) is 3.62. The van der Waals surface area contributed by atoms with Gasteiger partial charge in [0, 0.05) is 29.5 Å². The van der Waals surface area contributed by atoms with Gasteiger partial charge in [-0.2, -0.15) is 4.98 Å². The number of fused-ring (bicyclic) bond motifs is 1. The van der Waals surface area contributed by atoms with Gasteiger partial charge in [-0.25, -0.2) is 8.91 Å². The van der Waals surface area contributed by atoms with Crippen molar-refractivity contribution in [2.75, 3.05) is 13.7 Å². The van der Waals surface area contributed by atoms with Crippen LogP contribution in [0.3, 0.4) is 0 Å². The molecule has 8 heteroatoms. The number of aromatic nitrogens is 3. The van der Waals surface area contributed by atoms with Gasteiger partial charge in [-0.15, -0.1) is 16.4 Å². The normalized spacial score (nSPS) is 10.9. The molecule has 6 nitrogen and oxygen atoms in total. The largest absolute Gasteiger partial charge is 0.497 e. The first-order valence-electron chi connectivity index (χ1n) is 8.65. The number of nitrogens with one attached hydrogen (secondary N) is 1. The van der Waals surface area contributed by atoms with Gasteiger partial charge < -0.3 is 10.1 Å². The highest BCUT2D eigenvalue weighted by Crippen LogP contribution is 2.21. The quantitative estimate of drug-likeness (QED) is 0.541. The fourth-order valence-electron chi connectivity index (χ4n) is 2.77. The van der Waals surface area contributed by atoms with Gasteiger partial charge in [-0.1, -0.05) is 0 Å². The van der Waals surface area contributed by atoms with E-state index in [9.17, 15) is 9.18 Å². The van der Waals surface area contributed by atoms with Crippen LogP contribution in [-0.4, -0.2) is 34.2 Å². The minimum Gasteiger partial charge on any atom is -0.497 e. The van der Waals surface area contributed by atoms with Gasteiger partial charge in [0.05, 0.1) is 12.8 Å². The number of hydrogen-bond donors (Lipinski definition) is 1. The Morgan fingerprint density at radius 3 is 2.64 bits per heavy atom. The number of benzene rings is 2. The Morgan fingerprint density at radius 1 is 1.18 bits per heavy atom. The summed E-state index contributed by atoms with van der Waals surface area (Å²) in [5.41, 5.74) is 2.29. The highest BCUT2D eigenvalue weighted by atomic mass is 32.1. The Hall–Kier alpha value is -3.26. The molecule has 142 valence electrons. The highest BCUT2D eigenvalue weighted by molar-refractivity contribution is 7.15. The average Bonchev–Trinajstić information content (AvgIpc) is 3.30. The Morgan fingerprint density at radius 2 is 1.93 bits per heavy atom. The lowest BCUT2D eigenvalue weighted by molar-refractivity contribution is 0.0954. The van der Waals surface area contributed by atoms with Gasteiger partial charge in [0.25, 0.3) is 5.91 Å². The highest BCUT2D eigenvalue weighted by Gasteiger charge is 2.12. The minimum atomic E-state index is -0.293. The van der Waals surface area contributed by atoms with Gasteiger partial charge in [-0.05, 0) is 48.5 Å². The topological polar surface area (TPSA) is 68.5 Å². The SMILES string of the molecule is COc1ccc(C(=O)NCCc2csc3nc(-c4ccc(F)cc4)nn23)cc1. The number of methoxy groups -OCH3 is 1. The van der Waals surface area contributed by atoms with Crippen LogP contribution in [0.2, 0.25) is 0 Å². The lowest BCUT2D eigenvalue weighted by atomic mass is 10.2. The lowest BCUT2D eigenvalue weighted by Crippen LogP contribution is -2.25. The Labute approximate surface area is 164 Å². The van der Waals surface area contributed by atoms with Gasteiger partial charge in [0.15, 0.2) is 5.82 Å². The maximum atomic E-state index is 13.1. The van der Waals surface area contributed by atoms with E-state index >= 15 is 0 Å². The number of thiazole rings is 1. The zero-order valence-electron chi connectivity index (χ0n) is 15.1. The van der Waals surface area contributed by atoms with E-state index in [1.807, 2.05) is 5.38 Å². The maximum Gasteiger partial charge on any atom is 0.251 e. The molecule has 0 radical (unpaired) electrons. The molecule has 0 fully saturated rings. The molecule has 0 spiro atoms. The molecule has 28 heavy (non-hydrogen) atoms. The number of ether oxygens (including phenoxy) is 1. The number of amides is 1. The van der Waals surface area contributed by atoms with Crippen LogP contribution < -0.4 is 10.1 Å². The number of halogens is 1. The summed E-state index contributed by atoms with van der Waals surface area (Å²) in [6.07, 6.45) is 0.619. The second kappa shape index (κ2) is 7.77. The molecule has 2 aromatic carbocycles. The number of nitrogens with zero attached hydrogens (tertiary/aromatic N) is 3. The molecule has 0 bridgehead atoms. The average molecular weight is 396 g/mol. The van der Waals surface area contributed by atoms with E-state index in [4.69, 9.17) is 4.74 Å². The van der Waals surface area contributed by atoms with Crippen LogP contribution in [0.25, 0.3) is 16.3 Å².